The van der Waals surface area contributed by atoms with Crippen LogP contribution in [-0.4, -0.2) is 30.1 Å². The Morgan fingerprint density at radius 2 is 1.63 bits per heavy atom. The van der Waals surface area contributed by atoms with Gasteiger partial charge >= 0.3 is 5.97 Å². The van der Waals surface area contributed by atoms with Gasteiger partial charge in [-0.25, -0.2) is 4.79 Å². The zero-order valence-electron chi connectivity index (χ0n) is 16.2. The molecule has 5 heteroatoms. The van der Waals surface area contributed by atoms with E-state index in [2.05, 4.69) is 26.1 Å². The van der Waals surface area contributed by atoms with Crippen molar-refractivity contribution in [2.45, 2.75) is 44.8 Å². The Morgan fingerprint density at radius 3 is 2.11 bits per heavy atom. The number of aliphatic carboxylic acids is 1. The highest BCUT2D eigenvalue weighted by molar-refractivity contribution is 5.87. The number of carboxylic acid groups (broad SMARTS) is 1. The molecule has 0 aliphatic rings. The van der Waals surface area contributed by atoms with Gasteiger partial charge in [-0.2, -0.15) is 0 Å². The Hall–Kier alpha value is -2.66. The van der Waals surface area contributed by atoms with Crippen LogP contribution in [0.2, 0.25) is 0 Å². The van der Waals surface area contributed by atoms with Crippen LogP contribution >= 0.6 is 0 Å². The largest absolute Gasteiger partial charge is 0.480 e. The van der Waals surface area contributed by atoms with Gasteiger partial charge in [0.15, 0.2) is 6.10 Å². The fourth-order valence-corrected chi connectivity index (χ4v) is 2.85. The van der Waals surface area contributed by atoms with Crippen molar-refractivity contribution in [2.24, 2.45) is 0 Å². The molecule has 5 nitrogen and oxygen atoms in total. The topological polar surface area (TPSA) is 75.6 Å². The van der Waals surface area contributed by atoms with Crippen LogP contribution in [0.25, 0.3) is 0 Å². The lowest BCUT2D eigenvalue weighted by Crippen LogP contribution is -2.44. The smallest absolute Gasteiger partial charge is 0.326 e. The molecule has 0 aliphatic heterocycles. The maximum Gasteiger partial charge on any atom is 0.326 e. The molecule has 0 heterocycles. The molecule has 1 amide bonds. The molecule has 2 atom stereocenters. The number of methoxy groups -OCH3 is 1. The highest BCUT2D eigenvalue weighted by atomic mass is 16.5. The number of carbonyl (C=O) groups is 2. The van der Waals surface area contributed by atoms with Crippen LogP contribution in [0.15, 0.2) is 54.6 Å². The highest BCUT2D eigenvalue weighted by Crippen LogP contribution is 2.22. The van der Waals surface area contributed by atoms with Crippen LogP contribution in [0.3, 0.4) is 0 Å². The third-order valence-electron chi connectivity index (χ3n) is 4.45. The summed E-state index contributed by atoms with van der Waals surface area (Å²) in [6.45, 7) is 6.37. The van der Waals surface area contributed by atoms with Crippen molar-refractivity contribution in [2.75, 3.05) is 7.11 Å². The third-order valence-corrected chi connectivity index (χ3v) is 4.45. The maximum absolute atomic E-state index is 12.6. The summed E-state index contributed by atoms with van der Waals surface area (Å²) in [5.74, 6) is -1.55. The lowest BCUT2D eigenvalue weighted by Gasteiger charge is -2.21. The number of nitrogens with one attached hydrogen (secondary N) is 1. The third kappa shape index (κ3) is 5.66. The average molecular weight is 369 g/mol. The molecule has 0 aromatic heterocycles. The number of carboxylic acids is 1. The average Bonchev–Trinajstić information content (AvgIpc) is 2.62. The molecule has 27 heavy (non-hydrogen) atoms. The fourth-order valence-electron chi connectivity index (χ4n) is 2.85. The number of hydrogen-bond donors (Lipinski definition) is 2. The number of carbonyl (C=O) groups excluding carboxylic acids is 1. The minimum Gasteiger partial charge on any atom is -0.480 e. The van der Waals surface area contributed by atoms with Gasteiger partial charge in [-0.15, -0.1) is 0 Å². The quantitative estimate of drug-likeness (QED) is 0.783. The first-order valence-electron chi connectivity index (χ1n) is 8.92. The second-order valence-electron chi connectivity index (χ2n) is 7.58. The standard InChI is InChI=1S/C22H27NO4/c1-22(2,3)17-12-10-15(11-13-17)14-18(21(25)26)23-20(24)19(27-4)16-8-6-5-7-9-16/h5-13,18-19H,14H2,1-4H3,(H,23,24)(H,25,26)/t18-,19+/m1/s1. The van der Waals surface area contributed by atoms with Crippen molar-refractivity contribution >= 4 is 11.9 Å². The van der Waals surface area contributed by atoms with Gasteiger partial charge in [0.1, 0.15) is 6.04 Å². The Balaban J connectivity index is 2.11. The van der Waals surface area contributed by atoms with E-state index in [4.69, 9.17) is 4.74 Å². The van der Waals surface area contributed by atoms with Crippen LogP contribution in [-0.2, 0) is 26.2 Å². The molecule has 2 aromatic rings. The van der Waals surface area contributed by atoms with Crippen LogP contribution in [0.4, 0.5) is 0 Å². The van der Waals surface area contributed by atoms with Gasteiger partial charge in [0, 0.05) is 13.5 Å². The normalized spacial score (nSPS) is 13.6. The monoisotopic (exact) mass is 369 g/mol. The number of hydrogen-bond acceptors (Lipinski definition) is 3. The van der Waals surface area contributed by atoms with Crippen molar-refractivity contribution in [3.63, 3.8) is 0 Å². The van der Waals surface area contributed by atoms with Gasteiger partial charge in [-0.3, -0.25) is 4.79 Å². The molecule has 0 unspecified atom stereocenters. The van der Waals surface area contributed by atoms with E-state index in [-0.39, 0.29) is 11.8 Å². The van der Waals surface area contributed by atoms with Gasteiger partial charge in [0.05, 0.1) is 0 Å². The molecule has 2 aromatic carbocycles. The van der Waals surface area contributed by atoms with Gasteiger partial charge in [-0.1, -0.05) is 75.4 Å². The predicted octanol–water partition coefficient (Wildman–Crippen LogP) is 3.48. The molecule has 0 spiro atoms. The minimum atomic E-state index is -1.08. The van der Waals surface area contributed by atoms with Crippen LogP contribution in [0.1, 0.15) is 43.6 Å². The van der Waals surface area contributed by atoms with E-state index in [1.54, 1.807) is 24.3 Å². The maximum atomic E-state index is 12.6. The zero-order valence-corrected chi connectivity index (χ0v) is 16.2. The van der Waals surface area contributed by atoms with E-state index in [0.717, 1.165) is 5.56 Å². The summed E-state index contributed by atoms with van der Waals surface area (Å²) < 4.78 is 5.28. The first-order chi connectivity index (χ1) is 12.7. The SMILES string of the molecule is CO[C@H](C(=O)N[C@H](Cc1ccc(C(C)(C)C)cc1)C(=O)O)c1ccccc1. The molecule has 0 saturated carbocycles. The van der Waals surface area contributed by atoms with E-state index in [0.29, 0.717) is 5.56 Å². The van der Waals surface area contributed by atoms with Crippen LogP contribution in [0.5, 0.6) is 0 Å². The van der Waals surface area contributed by atoms with Crippen molar-refractivity contribution in [3.8, 4) is 0 Å². The molecule has 0 fully saturated rings. The lowest BCUT2D eigenvalue weighted by atomic mass is 9.86. The Bertz CT molecular complexity index is 763. The van der Waals surface area contributed by atoms with Crippen LogP contribution < -0.4 is 5.32 Å². The molecule has 0 saturated heterocycles. The van der Waals surface area contributed by atoms with Crippen molar-refractivity contribution in [1.29, 1.82) is 0 Å². The van der Waals surface area contributed by atoms with E-state index in [1.165, 1.54) is 12.7 Å². The molecule has 0 aliphatic carbocycles. The molecule has 0 radical (unpaired) electrons. The lowest BCUT2D eigenvalue weighted by molar-refractivity contribution is -0.144. The fraction of sp³-hybridized carbons (Fsp3) is 0.364. The highest BCUT2D eigenvalue weighted by Gasteiger charge is 2.26. The number of benzene rings is 2. The Morgan fingerprint density at radius 1 is 1.04 bits per heavy atom. The zero-order chi connectivity index (χ0) is 20.0. The Labute approximate surface area is 160 Å². The molecule has 2 N–H and O–H groups in total. The van der Waals surface area contributed by atoms with Crippen LogP contribution in [0, 0.1) is 0 Å². The first kappa shape index (κ1) is 20.6. The summed E-state index contributed by atoms with van der Waals surface area (Å²) in [5, 5.41) is 12.1. The number of ether oxygens (including phenoxy) is 1. The predicted molar refractivity (Wildman–Crippen MR) is 105 cm³/mol. The summed E-state index contributed by atoms with van der Waals surface area (Å²) in [5.41, 5.74) is 2.73. The number of rotatable bonds is 7. The second-order valence-corrected chi connectivity index (χ2v) is 7.58. The summed E-state index contributed by atoms with van der Waals surface area (Å²) in [6, 6.07) is 15.8. The Kier molecular flexibility index (Phi) is 6.75. The van der Waals surface area contributed by atoms with Gasteiger partial charge in [-0.05, 0) is 22.1 Å². The molecule has 0 bridgehead atoms. The van der Waals surface area contributed by atoms with Gasteiger partial charge in [0.25, 0.3) is 5.91 Å². The van der Waals surface area contributed by atoms with Gasteiger partial charge in [0.2, 0.25) is 0 Å². The van der Waals surface area contributed by atoms with E-state index in [1.807, 2.05) is 30.3 Å². The first-order valence-corrected chi connectivity index (χ1v) is 8.92. The summed E-state index contributed by atoms with van der Waals surface area (Å²) in [4.78, 5) is 24.2. The van der Waals surface area contributed by atoms with Crippen molar-refractivity contribution in [3.05, 3.63) is 71.3 Å². The van der Waals surface area contributed by atoms with Crippen molar-refractivity contribution < 1.29 is 19.4 Å². The molecule has 2 rings (SSSR count). The summed E-state index contributed by atoms with van der Waals surface area (Å²) in [7, 11) is 1.43. The van der Waals surface area contributed by atoms with Gasteiger partial charge < -0.3 is 15.2 Å². The van der Waals surface area contributed by atoms with E-state index >= 15 is 0 Å². The van der Waals surface area contributed by atoms with E-state index < -0.39 is 24.0 Å². The number of amides is 1. The van der Waals surface area contributed by atoms with E-state index in [9.17, 15) is 14.7 Å². The second kappa shape index (κ2) is 8.82. The molecular weight excluding hydrogens is 342 g/mol. The minimum absolute atomic E-state index is 0.0281. The van der Waals surface area contributed by atoms with Crippen molar-refractivity contribution in [1.82, 2.24) is 5.32 Å². The summed E-state index contributed by atoms with van der Waals surface area (Å²) in [6.07, 6.45) is -0.646. The molecule has 144 valence electrons. The molecular formula is C22H27NO4. The summed E-state index contributed by atoms with van der Waals surface area (Å²) >= 11 is 0.